The van der Waals surface area contributed by atoms with Crippen molar-refractivity contribution >= 4 is 5.91 Å². The number of rotatable bonds is 0. The standard InChI is InChI=1S/C11H17NO2/c13-9-5-3-1-2-4-7-11(9)8-6-10(14)12-11/h6,8-9,13H,1-5,7H2,(H,12,14). The van der Waals surface area contributed by atoms with Crippen LogP contribution in [0, 0.1) is 0 Å². The minimum absolute atomic E-state index is 0.0652. The van der Waals surface area contributed by atoms with E-state index >= 15 is 0 Å². The fourth-order valence-electron chi connectivity index (χ4n) is 2.41. The smallest absolute Gasteiger partial charge is 0.244 e. The molecule has 1 saturated carbocycles. The van der Waals surface area contributed by atoms with Gasteiger partial charge in [-0.1, -0.05) is 31.8 Å². The zero-order valence-electron chi connectivity index (χ0n) is 8.33. The van der Waals surface area contributed by atoms with Crippen LogP contribution < -0.4 is 5.32 Å². The molecule has 14 heavy (non-hydrogen) atoms. The molecule has 1 fully saturated rings. The van der Waals surface area contributed by atoms with Gasteiger partial charge in [-0.05, 0) is 12.8 Å². The molecule has 0 saturated heterocycles. The monoisotopic (exact) mass is 195 g/mol. The maximum Gasteiger partial charge on any atom is 0.244 e. The van der Waals surface area contributed by atoms with Crippen LogP contribution in [0.25, 0.3) is 0 Å². The zero-order valence-corrected chi connectivity index (χ0v) is 8.33. The van der Waals surface area contributed by atoms with Crippen molar-refractivity contribution in [1.29, 1.82) is 0 Å². The van der Waals surface area contributed by atoms with E-state index in [2.05, 4.69) is 5.32 Å². The lowest BCUT2D eigenvalue weighted by Gasteiger charge is -2.34. The summed E-state index contributed by atoms with van der Waals surface area (Å²) in [7, 11) is 0. The molecule has 2 rings (SSSR count). The summed E-state index contributed by atoms with van der Waals surface area (Å²) in [5, 5.41) is 12.9. The van der Waals surface area contributed by atoms with Gasteiger partial charge in [0.2, 0.25) is 5.91 Å². The molecule has 2 unspecified atom stereocenters. The van der Waals surface area contributed by atoms with Gasteiger partial charge in [0.15, 0.2) is 0 Å². The Morgan fingerprint density at radius 3 is 2.86 bits per heavy atom. The molecule has 0 bridgehead atoms. The maximum atomic E-state index is 11.2. The van der Waals surface area contributed by atoms with E-state index in [0.29, 0.717) is 0 Å². The van der Waals surface area contributed by atoms with Crippen LogP contribution in [-0.2, 0) is 4.79 Å². The predicted molar refractivity (Wildman–Crippen MR) is 53.7 cm³/mol. The Morgan fingerprint density at radius 2 is 2.14 bits per heavy atom. The van der Waals surface area contributed by atoms with Crippen LogP contribution in [0.3, 0.4) is 0 Å². The third kappa shape index (κ3) is 1.69. The number of hydrogen-bond acceptors (Lipinski definition) is 2. The molecule has 0 radical (unpaired) electrons. The number of carbonyl (C=O) groups is 1. The molecule has 2 atom stereocenters. The number of carbonyl (C=O) groups excluding carboxylic acids is 1. The Morgan fingerprint density at radius 1 is 1.36 bits per heavy atom. The van der Waals surface area contributed by atoms with E-state index in [-0.39, 0.29) is 5.91 Å². The molecule has 78 valence electrons. The van der Waals surface area contributed by atoms with Crippen molar-refractivity contribution in [3.63, 3.8) is 0 Å². The summed E-state index contributed by atoms with van der Waals surface area (Å²) >= 11 is 0. The Kier molecular flexibility index (Phi) is 2.59. The maximum absolute atomic E-state index is 11.2. The minimum Gasteiger partial charge on any atom is -0.390 e. The lowest BCUT2D eigenvalue weighted by Crippen LogP contribution is -2.52. The topological polar surface area (TPSA) is 49.3 Å². The van der Waals surface area contributed by atoms with Crippen LogP contribution >= 0.6 is 0 Å². The first-order chi connectivity index (χ1) is 6.73. The Balaban J connectivity index is 2.13. The molecule has 3 nitrogen and oxygen atoms in total. The summed E-state index contributed by atoms with van der Waals surface area (Å²) in [6.45, 7) is 0. The van der Waals surface area contributed by atoms with Gasteiger partial charge >= 0.3 is 0 Å². The molecule has 3 heteroatoms. The van der Waals surface area contributed by atoms with Crippen LogP contribution in [-0.4, -0.2) is 22.7 Å². The van der Waals surface area contributed by atoms with E-state index in [1.807, 2.05) is 6.08 Å². The predicted octanol–water partition coefficient (Wildman–Crippen LogP) is 1.13. The van der Waals surface area contributed by atoms with E-state index in [1.54, 1.807) is 6.08 Å². The highest BCUT2D eigenvalue weighted by Crippen LogP contribution is 2.30. The van der Waals surface area contributed by atoms with Gasteiger partial charge in [-0.2, -0.15) is 0 Å². The third-order valence-corrected chi connectivity index (χ3v) is 3.30. The van der Waals surface area contributed by atoms with Gasteiger partial charge in [0, 0.05) is 6.08 Å². The summed E-state index contributed by atoms with van der Waals surface area (Å²) < 4.78 is 0. The van der Waals surface area contributed by atoms with Gasteiger partial charge in [0.1, 0.15) is 0 Å². The van der Waals surface area contributed by atoms with Crippen LogP contribution in [0.5, 0.6) is 0 Å². The molecule has 1 heterocycles. The van der Waals surface area contributed by atoms with Crippen molar-refractivity contribution in [2.24, 2.45) is 0 Å². The molecule has 0 aromatic carbocycles. The second kappa shape index (κ2) is 3.73. The first-order valence-corrected chi connectivity index (χ1v) is 5.42. The van der Waals surface area contributed by atoms with Crippen molar-refractivity contribution < 1.29 is 9.90 Å². The van der Waals surface area contributed by atoms with Gasteiger partial charge in [0.05, 0.1) is 11.6 Å². The van der Waals surface area contributed by atoms with Crippen LogP contribution in [0.2, 0.25) is 0 Å². The van der Waals surface area contributed by atoms with E-state index < -0.39 is 11.6 Å². The summed E-state index contributed by atoms with van der Waals surface area (Å²) in [6.07, 6.45) is 9.21. The van der Waals surface area contributed by atoms with Crippen LogP contribution in [0.1, 0.15) is 38.5 Å². The molecule has 1 aliphatic carbocycles. The Bertz CT molecular complexity index is 262. The molecule has 0 aromatic rings. The average molecular weight is 195 g/mol. The Hall–Kier alpha value is -0.830. The molecule has 1 amide bonds. The second-order valence-corrected chi connectivity index (χ2v) is 4.33. The summed E-state index contributed by atoms with van der Waals surface area (Å²) in [5.41, 5.74) is -0.447. The van der Waals surface area contributed by atoms with E-state index in [1.165, 1.54) is 12.8 Å². The van der Waals surface area contributed by atoms with Gasteiger partial charge in [-0.25, -0.2) is 0 Å². The summed E-state index contributed by atoms with van der Waals surface area (Å²) in [4.78, 5) is 11.2. The quantitative estimate of drug-likeness (QED) is 0.608. The molecule has 0 aromatic heterocycles. The first kappa shape index (κ1) is 9.71. The van der Waals surface area contributed by atoms with Gasteiger partial charge in [0.25, 0.3) is 0 Å². The minimum atomic E-state index is -0.447. The van der Waals surface area contributed by atoms with Gasteiger partial charge in [-0.15, -0.1) is 0 Å². The first-order valence-electron chi connectivity index (χ1n) is 5.42. The lowest BCUT2D eigenvalue weighted by molar-refractivity contribution is -0.118. The van der Waals surface area contributed by atoms with Gasteiger partial charge in [-0.3, -0.25) is 4.79 Å². The number of aliphatic hydroxyl groups excluding tert-OH is 1. The molecule has 1 aliphatic heterocycles. The van der Waals surface area contributed by atoms with Gasteiger partial charge < -0.3 is 10.4 Å². The fraction of sp³-hybridized carbons (Fsp3) is 0.727. The zero-order chi connectivity index (χ0) is 10.0. The van der Waals surface area contributed by atoms with Crippen molar-refractivity contribution in [2.45, 2.75) is 50.2 Å². The molecular formula is C11H17NO2. The third-order valence-electron chi connectivity index (χ3n) is 3.30. The molecular weight excluding hydrogens is 178 g/mol. The van der Waals surface area contributed by atoms with Crippen LogP contribution in [0.4, 0.5) is 0 Å². The largest absolute Gasteiger partial charge is 0.390 e. The van der Waals surface area contributed by atoms with Crippen molar-refractivity contribution in [1.82, 2.24) is 5.32 Å². The highest BCUT2D eigenvalue weighted by atomic mass is 16.3. The highest BCUT2D eigenvalue weighted by Gasteiger charge is 2.39. The molecule has 2 aliphatic rings. The number of hydrogen-bond donors (Lipinski definition) is 2. The number of aliphatic hydroxyl groups is 1. The fourth-order valence-corrected chi connectivity index (χ4v) is 2.41. The Labute approximate surface area is 84.2 Å². The molecule has 2 N–H and O–H groups in total. The highest BCUT2D eigenvalue weighted by molar-refractivity contribution is 5.91. The van der Waals surface area contributed by atoms with E-state index in [0.717, 1.165) is 25.7 Å². The van der Waals surface area contributed by atoms with Crippen molar-refractivity contribution in [2.75, 3.05) is 0 Å². The lowest BCUT2D eigenvalue weighted by atomic mass is 9.82. The van der Waals surface area contributed by atoms with E-state index in [4.69, 9.17) is 0 Å². The van der Waals surface area contributed by atoms with E-state index in [9.17, 15) is 9.90 Å². The normalized spacial score (nSPS) is 38.1. The average Bonchev–Trinajstić information content (AvgIpc) is 2.52. The molecule has 1 spiro atoms. The van der Waals surface area contributed by atoms with Crippen molar-refractivity contribution in [3.05, 3.63) is 12.2 Å². The summed E-state index contributed by atoms with van der Waals surface area (Å²) in [6, 6.07) is 0. The summed E-state index contributed by atoms with van der Waals surface area (Å²) in [5.74, 6) is -0.0652. The number of amides is 1. The van der Waals surface area contributed by atoms with Crippen LogP contribution in [0.15, 0.2) is 12.2 Å². The van der Waals surface area contributed by atoms with Crippen molar-refractivity contribution in [3.8, 4) is 0 Å². The second-order valence-electron chi connectivity index (χ2n) is 4.33. The SMILES string of the molecule is O=C1C=CC2(CCCCCCC2O)N1. The number of nitrogens with one attached hydrogen (secondary N) is 1.